The van der Waals surface area contributed by atoms with Gasteiger partial charge in [0.25, 0.3) is 0 Å². The van der Waals surface area contributed by atoms with Gasteiger partial charge < -0.3 is 5.73 Å². The van der Waals surface area contributed by atoms with Crippen LogP contribution in [0.3, 0.4) is 0 Å². The number of carbonyl (C=O) groups is 1. The molecule has 100 valence electrons. The summed E-state index contributed by atoms with van der Waals surface area (Å²) in [5.41, 5.74) is 5.26. The topological polar surface area (TPSA) is 46.3 Å². The molecule has 1 aromatic carbocycles. The minimum atomic E-state index is -0.240. The molecule has 1 amide bonds. The van der Waals surface area contributed by atoms with Crippen molar-refractivity contribution in [1.82, 2.24) is 4.90 Å². The Morgan fingerprint density at radius 2 is 2.00 bits per heavy atom. The zero-order valence-corrected chi connectivity index (χ0v) is 11.8. The molecule has 0 spiro atoms. The monoisotopic (exact) mass is 266 g/mol. The number of hydrogen-bond acceptors (Lipinski definition) is 3. The van der Waals surface area contributed by atoms with Crippen LogP contribution in [0.4, 0.5) is 0 Å². The molecule has 1 aromatic rings. The van der Waals surface area contributed by atoms with Gasteiger partial charge in [0.1, 0.15) is 0 Å². The molecule has 0 fully saturated rings. The van der Waals surface area contributed by atoms with Crippen LogP contribution in [0.5, 0.6) is 0 Å². The lowest BCUT2D eigenvalue weighted by atomic mass is 10.3. The van der Waals surface area contributed by atoms with Gasteiger partial charge in [0.15, 0.2) is 0 Å². The number of hydrogen-bond donors (Lipinski definition) is 1. The van der Waals surface area contributed by atoms with Gasteiger partial charge in [-0.05, 0) is 25.1 Å². The molecule has 0 bridgehead atoms. The Hall–Kier alpha value is -1.00. The van der Waals surface area contributed by atoms with Gasteiger partial charge in [-0.2, -0.15) is 0 Å². The molecule has 3 nitrogen and oxygen atoms in total. The fourth-order valence-electron chi connectivity index (χ4n) is 1.68. The summed E-state index contributed by atoms with van der Waals surface area (Å²) in [7, 11) is 0. The molecule has 0 unspecified atom stereocenters. The lowest BCUT2D eigenvalue weighted by Crippen LogP contribution is -2.36. The molecule has 18 heavy (non-hydrogen) atoms. The second-order valence-electron chi connectivity index (χ2n) is 4.26. The van der Waals surface area contributed by atoms with Gasteiger partial charge in [-0.25, -0.2) is 0 Å². The lowest BCUT2D eigenvalue weighted by molar-refractivity contribution is -0.119. The van der Waals surface area contributed by atoms with Crippen LogP contribution < -0.4 is 5.73 Å². The molecule has 1 rings (SSSR count). The minimum absolute atomic E-state index is 0.240. The molecule has 0 aliphatic carbocycles. The maximum atomic E-state index is 11.0. The van der Waals surface area contributed by atoms with Gasteiger partial charge in [0.2, 0.25) is 5.91 Å². The average molecular weight is 266 g/mol. The van der Waals surface area contributed by atoms with E-state index < -0.39 is 0 Å². The Morgan fingerprint density at radius 1 is 1.28 bits per heavy atom. The summed E-state index contributed by atoms with van der Waals surface area (Å²) in [4.78, 5) is 14.4. The quantitative estimate of drug-likeness (QED) is 0.698. The second-order valence-corrected chi connectivity index (χ2v) is 5.43. The Balaban J connectivity index is 2.30. The van der Waals surface area contributed by atoms with E-state index in [1.54, 1.807) is 0 Å². The zero-order valence-electron chi connectivity index (χ0n) is 11.0. The van der Waals surface area contributed by atoms with E-state index in [1.807, 2.05) is 30.0 Å². The summed E-state index contributed by atoms with van der Waals surface area (Å²) >= 11 is 1.82. The summed E-state index contributed by atoms with van der Waals surface area (Å²) in [6, 6.07) is 10.3. The van der Waals surface area contributed by atoms with Crippen molar-refractivity contribution >= 4 is 17.7 Å². The summed E-state index contributed by atoms with van der Waals surface area (Å²) in [5, 5.41) is 0. The standard InChI is InChI=1S/C14H22N2OS/c1-2-3-9-16(12-14(15)17)10-11-18-13-7-5-4-6-8-13/h4-8H,2-3,9-12H2,1H3,(H2,15,17). The molecule has 0 saturated carbocycles. The van der Waals surface area contributed by atoms with Gasteiger partial charge in [0, 0.05) is 17.2 Å². The van der Waals surface area contributed by atoms with Gasteiger partial charge in [-0.1, -0.05) is 31.5 Å². The van der Waals surface area contributed by atoms with Crippen LogP contribution in [0.1, 0.15) is 19.8 Å². The van der Waals surface area contributed by atoms with Gasteiger partial charge in [0.05, 0.1) is 6.54 Å². The number of rotatable bonds is 9. The second kappa shape index (κ2) is 9.00. The highest BCUT2D eigenvalue weighted by Gasteiger charge is 2.07. The minimum Gasteiger partial charge on any atom is -0.369 e. The predicted octanol–water partition coefficient (Wildman–Crippen LogP) is 2.37. The van der Waals surface area contributed by atoms with Gasteiger partial charge in [-0.3, -0.25) is 9.69 Å². The molecular formula is C14H22N2OS. The maximum absolute atomic E-state index is 11.0. The molecule has 0 atom stereocenters. The maximum Gasteiger partial charge on any atom is 0.231 e. The first-order chi connectivity index (χ1) is 8.72. The van der Waals surface area contributed by atoms with Crippen LogP contribution in [-0.4, -0.2) is 36.2 Å². The van der Waals surface area contributed by atoms with Crippen molar-refractivity contribution in [3.05, 3.63) is 30.3 Å². The van der Waals surface area contributed by atoms with E-state index in [4.69, 9.17) is 5.73 Å². The Labute approximate surface area is 114 Å². The fraction of sp³-hybridized carbons (Fsp3) is 0.500. The molecule has 0 aromatic heterocycles. The van der Waals surface area contributed by atoms with Crippen molar-refractivity contribution in [3.8, 4) is 0 Å². The van der Waals surface area contributed by atoms with E-state index in [0.29, 0.717) is 6.54 Å². The number of carbonyl (C=O) groups excluding carboxylic acids is 1. The zero-order chi connectivity index (χ0) is 13.2. The highest BCUT2D eigenvalue weighted by molar-refractivity contribution is 7.99. The van der Waals surface area contributed by atoms with Crippen LogP contribution in [0.15, 0.2) is 35.2 Å². The number of unbranched alkanes of at least 4 members (excludes halogenated alkanes) is 1. The first-order valence-corrected chi connectivity index (χ1v) is 7.39. The van der Waals surface area contributed by atoms with Crippen LogP contribution in [0, 0.1) is 0 Å². The number of primary amides is 1. The predicted molar refractivity (Wildman–Crippen MR) is 77.7 cm³/mol. The largest absolute Gasteiger partial charge is 0.369 e. The van der Waals surface area contributed by atoms with Gasteiger partial charge >= 0.3 is 0 Å². The fourth-order valence-corrected chi connectivity index (χ4v) is 2.62. The van der Waals surface area contributed by atoms with Crippen molar-refractivity contribution in [2.75, 3.05) is 25.4 Å². The van der Waals surface area contributed by atoms with Crippen LogP contribution in [0.25, 0.3) is 0 Å². The molecule has 4 heteroatoms. The number of amides is 1. The van der Waals surface area contributed by atoms with E-state index in [9.17, 15) is 4.79 Å². The summed E-state index contributed by atoms with van der Waals surface area (Å²) in [6.07, 6.45) is 2.25. The molecule has 0 aliphatic rings. The van der Waals surface area contributed by atoms with Crippen molar-refractivity contribution in [1.29, 1.82) is 0 Å². The van der Waals surface area contributed by atoms with Crippen molar-refractivity contribution in [3.63, 3.8) is 0 Å². The van der Waals surface area contributed by atoms with Crippen molar-refractivity contribution in [2.24, 2.45) is 5.73 Å². The highest BCUT2D eigenvalue weighted by Crippen LogP contribution is 2.16. The van der Waals surface area contributed by atoms with Crippen LogP contribution in [-0.2, 0) is 4.79 Å². The van der Waals surface area contributed by atoms with E-state index in [2.05, 4.69) is 24.0 Å². The third-order valence-electron chi connectivity index (χ3n) is 2.63. The first-order valence-electron chi connectivity index (χ1n) is 6.41. The van der Waals surface area contributed by atoms with E-state index >= 15 is 0 Å². The Morgan fingerprint density at radius 3 is 2.61 bits per heavy atom. The molecule has 0 saturated heterocycles. The third kappa shape index (κ3) is 6.67. The van der Waals surface area contributed by atoms with E-state index in [0.717, 1.165) is 31.7 Å². The Kier molecular flexibility index (Phi) is 7.53. The highest BCUT2D eigenvalue weighted by atomic mass is 32.2. The summed E-state index contributed by atoms with van der Waals surface area (Å²) in [5.74, 6) is 0.747. The summed E-state index contributed by atoms with van der Waals surface area (Å²) in [6.45, 7) is 4.38. The SMILES string of the molecule is CCCCN(CCSc1ccccc1)CC(N)=O. The number of nitrogens with two attached hydrogens (primary N) is 1. The van der Waals surface area contributed by atoms with E-state index in [1.165, 1.54) is 4.90 Å². The molecule has 0 radical (unpaired) electrons. The van der Waals surface area contributed by atoms with Crippen LogP contribution >= 0.6 is 11.8 Å². The molecule has 0 aliphatic heterocycles. The van der Waals surface area contributed by atoms with Crippen molar-refractivity contribution < 1.29 is 4.79 Å². The number of nitrogens with zero attached hydrogens (tertiary/aromatic N) is 1. The third-order valence-corrected chi connectivity index (χ3v) is 3.62. The Bertz CT molecular complexity index is 343. The number of benzene rings is 1. The number of thioether (sulfide) groups is 1. The smallest absolute Gasteiger partial charge is 0.231 e. The normalized spacial score (nSPS) is 10.8. The van der Waals surface area contributed by atoms with Gasteiger partial charge in [-0.15, -0.1) is 11.8 Å². The summed E-state index contributed by atoms with van der Waals surface area (Å²) < 4.78 is 0. The average Bonchev–Trinajstić information content (AvgIpc) is 2.36. The first kappa shape index (κ1) is 15.1. The van der Waals surface area contributed by atoms with Crippen LogP contribution in [0.2, 0.25) is 0 Å². The molecular weight excluding hydrogens is 244 g/mol. The molecule has 0 heterocycles. The van der Waals surface area contributed by atoms with E-state index in [-0.39, 0.29) is 5.91 Å². The molecule has 2 N–H and O–H groups in total. The lowest BCUT2D eigenvalue weighted by Gasteiger charge is -2.20. The van der Waals surface area contributed by atoms with Crippen molar-refractivity contribution in [2.45, 2.75) is 24.7 Å².